The first kappa shape index (κ1) is 17.7. The molecule has 0 spiro atoms. The maximum atomic E-state index is 13.8. The number of nitrogens with zero attached hydrogens (tertiary/aromatic N) is 4. The van der Waals surface area contributed by atoms with E-state index in [1.807, 2.05) is 13.0 Å². The molecule has 0 atom stereocenters. The largest absolute Gasteiger partial charge is 0.354 e. The van der Waals surface area contributed by atoms with E-state index in [1.54, 1.807) is 0 Å². The Morgan fingerprint density at radius 3 is 2.40 bits per heavy atom. The minimum atomic E-state index is -0.536. The van der Waals surface area contributed by atoms with Crippen LogP contribution in [0.5, 0.6) is 0 Å². The molecule has 1 aliphatic heterocycles. The molecule has 0 bridgehead atoms. The van der Waals surface area contributed by atoms with Crippen molar-refractivity contribution in [3.63, 3.8) is 0 Å². The summed E-state index contributed by atoms with van der Waals surface area (Å²) < 4.78 is 26.8. The van der Waals surface area contributed by atoms with Crippen LogP contribution >= 0.6 is 0 Å². The molecule has 0 amide bonds. The molecule has 0 aliphatic carbocycles. The molecule has 1 fully saturated rings. The zero-order chi connectivity index (χ0) is 18.0. The van der Waals surface area contributed by atoms with Crippen LogP contribution in [-0.4, -0.2) is 41.0 Å². The number of halogens is 2. The Balaban J connectivity index is 1.64. The summed E-state index contributed by atoms with van der Waals surface area (Å²) in [5.41, 5.74) is 1.51. The number of benzene rings is 1. The van der Waals surface area contributed by atoms with Gasteiger partial charge in [-0.25, -0.2) is 18.7 Å². The fraction of sp³-hybridized carbons (Fsp3) is 0.474. The highest BCUT2D eigenvalue weighted by Crippen LogP contribution is 2.20. The Morgan fingerprint density at radius 2 is 1.76 bits per heavy atom. The highest BCUT2D eigenvalue weighted by atomic mass is 19.1. The normalized spacial score (nSPS) is 15.8. The standard InChI is InChI=1S/C19H24F2N4/c1-13(2)19-22-14(3)10-18(23-19)25-8-6-24(7-9-25)12-15-4-5-16(20)11-17(15)21/h4-5,10-11,13H,6-9,12H2,1-3H3. The highest BCUT2D eigenvalue weighted by Gasteiger charge is 2.20. The summed E-state index contributed by atoms with van der Waals surface area (Å²) in [5.74, 6) is 1.11. The van der Waals surface area contributed by atoms with Gasteiger partial charge >= 0.3 is 0 Å². The first-order valence-electron chi connectivity index (χ1n) is 8.69. The predicted molar refractivity (Wildman–Crippen MR) is 94.7 cm³/mol. The van der Waals surface area contributed by atoms with Gasteiger partial charge in [0.2, 0.25) is 0 Å². The number of hydrogen-bond acceptors (Lipinski definition) is 4. The van der Waals surface area contributed by atoms with Crippen molar-refractivity contribution in [2.45, 2.75) is 33.2 Å². The van der Waals surface area contributed by atoms with Crippen LogP contribution in [-0.2, 0) is 6.54 Å². The summed E-state index contributed by atoms with van der Waals surface area (Å²) in [6, 6.07) is 5.80. The Bertz CT molecular complexity index is 740. The van der Waals surface area contributed by atoms with Gasteiger partial charge in [-0.2, -0.15) is 0 Å². The van der Waals surface area contributed by atoms with Gasteiger partial charge in [0.15, 0.2) is 0 Å². The molecule has 0 radical (unpaired) electrons. The predicted octanol–water partition coefficient (Wildman–Crippen LogP) is 3.51. The molecule has 2 heterocycles. The van der Waals surface area contributed by atoms with Crippen molar-refractivity contribution < 1.29 is 8.78 Å². The molecule has 0 N–H and O–H groups in total. The molecule has 4 nitrogen and oxygen atoms in total. The van der Waals surface area contributed by atoms with E-state index in [2.05, 4.69) is 33.6 Å². The Labute approximate surface area is 147 Å². The third-order valence-electron chi connectivity index (χ3n) is 4.48. The van der Waals surface area contributed by atoms with Crippen molar-refractivity contribution in [2.24, 2.45) is 0 Å². The summed E-state index contributed by atoms with van der Waals surface area (Å²) in [4.78, 5) is 13.6. The molecule has 25 heavy (non-hydrogen) atoms. The summed E-state index contributed by atoms with van der Waals surface area (Å²) in [6.07, 6.45) is 0. The SMILES string of the molecule is Cc1cc(N2CCN(Cc3ccc(F)cc3F)CC2)nc(C(C)C)n1. The van der Waals surface area contributed by atoms with E-state index >= 15 is 0 Å². The number of piperazine rings is 1. The number of rotatable bonds is 4. The van der Waals surface area contributed by atoms with Gasteiger partial charge < -0.3 is 4.90 Å². The van der Waals surface area contributed by atoms with Crippen LogP contribution in [0.4, 0.5) is 14.6 Å². The first-order valence-corrected chi connectivity index (χ1v) is 8.69. The van der Waals surface area contributed by atoms with E-state index in [1.165, 1.54) is 12.1 Å². The molecule has 2 aromatic rings. The van der Waals surface area contributed by atoms with Gasteiger partial charge in [0.25, 0.3) is 0 Å². The van der Waals surface area contributed by atoms with Crippen LogP contribution in [0.25, 0.3) is 0 Å². The lowest BCUT2D eigenvalue weighted by atomic mass is 10.1. The van der Waals surface area contributed by atoms with Crippen LogP contribution in [0.3, 0.4) is 0 Å². The second kappa shape index (κ2) is 7.44. The Kier molecular flexibility index (Phi) is 5.27. The van der Waals surface area contributed by atoms with E-state index in [0.717, 1.165) is 49.6 Å². The lowest BCUT2D eigenvalue weighted by molar-refractivity contribution is 0.246. The zero-order valence-corrected chi connectivity index (χ0v) is 15.0. The van der Waals surface area contributed by atoms with Gasteiger partial charge in [-0.3, -0.25) is 4.90 Å². The fourth-order valence-electron chi connectivity index (χ4n) is 3.02. The number of anilines is 1. The monoisotopic (exact) mass is 346 g/mol. The summed E-state index contributed by atoms with van der Waals surface area (Å²) in [5, 5.41) is 0. The van der Waals surface area contributed by atoms with Crippen molar-refractivity contribution in [1.82, 2.24) is 14.9 Å². The smallest absolute Gasteiger partial charge is 0.133 e. The number of hydrogen-bond donors (Lipinski definition) is 0. The summed E-state index contributed by atoms with van der Waals surface area (Å²) >= 11 is 0. The summed E-state index contributed by atoms with van der Waals surface area (Å²) in [6.45, 7) is 9.97. The topological polar surface area (TPSA) is 32.3 Å². The average molecular weight is 346 g/mol. The minimum Gasteiger partial charge on any atom is -0.354 e. The van der Waals surface area contributed by atoms with Gasteiger partial charge in [-0.05, 0) is 13.0 Å². The van der Waals surface area contributed by atoms with Crippen LogP contribution < -0.4 is 4.90 Å². The Morgan fingerprint density at radius 1 is 1.04 bits per heavy atom. The maximum absolute atomic E-state index is 13.8. The average Bonchev–Trinajstić information content (AvgIpc) is 2.57. The Hall–Kier alpha value is -2.08. The van der Waals surface area contributed by atoms with Crippen LogP contribution in [0.2, 0.25) is 0 Å². The molecule has 6 heteroatoms. The maximum Gasteiger partial charge on any atom is 0.133 e. The van der Waals surface area contributed by atoms with Crippen molar-refractivity contribution in [3.05, 3.63) is 53.0 Å². The molecule has 0 saturated carbocycles. The molecule has 0 unspecified atom stereocenters. The van der Waals surface area contributed by atoms with Crippen LogP contribution in [0.15, 0.2) is 24.3 Å². The van der Waals surface area contributed by atoms with Crippen molar-refractivity contribution in [1.29, 1.82) is 0 Å². The molecule has 1 aromatic heterocycles. The third kappa shape index (κ3) is 4.31. The molecular weight excluding hydrogens is 322 g/mol. The van der Waals surface area contributed by atoms with Crippen molar-refractivity contribution >= 4 is 5.82 Å². The summed E-state index contributed by atoms with van der Waals surface area (Å²) in [7, 11) is 0. The molecule has 3 rings (SSSR count). The lowest BCUT2D eigenvalue weighted by Crippen LogP contribution is -2.46. The van der Waals surface area contributed by atoms with E-state index in [4.69, 9.17) is 0 Å². The molecule has 1 saturated heterocycles. The zero-order valence-electron chi connectivity index (χ0n) is 15.0. The van der Waals surface area contributed by atoms with Crippen molar-refractivity contribution in [3.8, 4) is 0 Å². The second-order valence-corrected chi connectivity index (χ2v) is 6.88. The van der Waals surface area contributed by atoms with Crippen LogP contribution in [0.1, 0.15) is 36.8 Å². The number of aromatic nitrogens is 2. The van der Waals surface area contributed by atoms with Crippen molar-refractivity contribution in [2.75, 3.05) is 31.1 Å². The van der Waals surface area contributed by atoms with Gasteiger partial charge in [-0.15, -0.1) is 0 Å². The van der Waals surface area contributed by atoms with E-state index in [9.17, 15) is 8.78 Å². The van der Waals surface area contributed by atoms with E-state index < -0.39 is 11.6 Å². The van der Waals surface area contributed by atoms with Gasteiger partial charge in [-0.1, -0.05) is 19.9 Å². The van der Waals surface area contributed by atoms with E-state index in [-0.39, 0.29) is 0 Å². The molecule has 1 aliphatic rings. The van der Waals surface area contributed by atoms with Gasteiger partial charge in [0.05, 0.1) is 0 Å². The van der Waals surface area contributed by atoms with Gasteiger partial charge in [0, 0.05) is 62.0 Å². The van der Waals surface area contributed by atoms with E-state index in [0.29, 0.717) is 18.0 Å². The van der Waals surface area contributed by atoms with Gasteiger partial charge in [0.1, 0.15) is 23.3 Å². The quantitative estimate of drug-likeness (QED) is 0.848. The fourth-order valence-corrected chi connectivity index (χ4v) is 3.02. The third-order valence-corrected chi connectivity index (χ3v) is 4.48. The number of aryl methyl sites for hydroxylation is 1. The molecule has 1 aromatic carbocycles. The molecular formula is C19H24F2N4. The highest BCUT2D eigenvalue weighted by molar-refractivity contribution is 5.40. The van der Waals surface area contributed by atoms with Crippen LogP contribution in [0, 0.1) is 18.6 Å². The first-order chi connectivity index (χ1) is 11.9. The second-order valence-electron chi connectivity index (χ2n) is 6.88. The lowest BCUT2D eigenvalue weighted by Gasteiger charge is -2.35. The minimum absolute atomic E-state index is 0.293. The molecule has 134 valence electrons.